The number of aromatic amines is 1. The molecule has 2 nitrogen and oxygen atoms in total. The lowest BCUT2D eigenvalue weighted by molar-refractivity contribution is 0.593. The molecule has 0 saturated carbocycles. The predicted octanol–water partition coefficient (Wildman–Crippen LogP) is 3.77. The Kier molecular flexibility index (Phi) is 2.28. The van der Waals surface area contributed by atoms with Crippen LogP contribution in [0.2, 0.25) is 0 Å². The van der Waals surface area contributed by atoms with Crippen LogP contribution in [0.5, 0.6) is 0 Å². The number of fused-ring (bicyclic) bond motifs is 1. The Bertz CT molecular complexity index is 536. The molecule has 16 heavy (non-hydrogen) atoms. The van der Waals surface area contributed by atoms with Crippen molar-refractivity contribution in [1.82, 2.24) is 9.97 Å². The second-order valence-electron chi connectivity index (χ2n) is 4.66. The number of hydrogen-bond donors (Lipinski definition) is 1. The first-order valence-corrected chi connectivity index (χ1v) is 5.98. The highest BCUT2D eigenvalue weighted by Gasteiger charge is 2.14. The van der Waals surface area contributed by atoms with E-state index in [0.29, 0.717) is 5.92 Å². The molecule has 0 saturated heterocycles. The van der Waals surface area contributed by atoms with Gasteiger partial charge in [-0.1, -0.05) is 13.0 Å². The first-order chi connectivity index (χ1) is 7.84. The van der Waals surface area contributed by atoms with Gasteiger partial charge in [0, 0.05) is 23.3 Å². The monoisotopic (exact) mass is 212 g/mol. The maximum Gasteiger partial charge on any atom is 0.137 e. The summed E-state index contributed by atoms with van der Waals surface area (Å²) in [4.78, 5) is 7.58. The lowest BCUT2D eigenvalue weighted by atomic mass is 9.88. The van der Waals surface area contributed by atoms with Gasteiger partial charge in [-0.2, -0.15) is 0 Å². The second-order valence-corrected chi connectivity index (χ2v) is 4.66. The van der Waals surface area contributed by atoms with Crippen LogP contribution in [-0.4, -0.2) is 9.97 Å². The van der Waals surface area contributed by atoms with Crippen LogP contribution in [0.3, 0.4) is 0 Å². The maximum absolute atomic E-state index is 4.33. The summed E-state index contributed by atoms with van der Waals surface area (Å²) >= 11 is 0. The van der Waals surface area contributed by atoms with Crippen molar-refractivity contribution >= 4 is 16.6 Å². The maximum atomic E-state index is 4.33. The molecule has 0 spiro atoms. The molecule has 2 aromatic rings. The van der Waals surface area contributed by atoms with Crippen molar-refractivity contribution in [2.75, 3.05) is 0 Å². The number of pyridine rings is 1. The van der Waals surface area contributed by atoms with Crippen molar-refractivity contribution in [3.05, 3.63) is 36.2 Å². The van der Waals surface area contributed by atoms with Crippen molar-refractivity contribution in [3.63, 3.8) is 0 Å². The Morgan fingerprint density at radius 2 is 2.38 bits per heavy atom. The summed E-state index contributed by atoms with van der Waals surface area (Å²) in [6, 6.07) is 4.15. The van der Waals surface area contributed by atoms with E-state index < -0.39 is 0 Å². The van der Waals surface area contributed by atoms with Gasteiger partial charge in [-0.3, -0.25) is 0 Å². The molecule has 1 aliphatic carbocycles. The minimum absolute atomic E-state index is 0.713. The zero-order valence-corrected chi connectivity index (χ0v) is 9.53. The lowest BCUT2D eigenvalue weighted by Crippen LogP contribution is -1.99. The van der Waals surface area contributed by atoms with E-state index >= 15 is 0 Å². The van der Waals surface area contributed by atoms with E-state index in [4.69, 9.17) is 0 Å². The summed E-state index contributed by atoms with van der Waals surface area (Å²) in [5.74, 6) is 0.713. The highest BCUT2D eigenvalue weighted by atomic mass is 14.8. The fourth-order valence-electron chi connectivity index (χ4n) is 2.57. The molecular formula is C14H16N2. The molecule has 2 heteroatoms. The first kappa shape index (κ1) is 9.64. The molecule has 1 aliphatic rings. The Labute approximate surface area is 95.4 Å². The lowest BCUT2D eigenvalue weighted by Gasteiger charge is -2.17. The third kappa shape index (κ3) is 1.54. The topological polar surface area (TPSA) is 28.7 Å². The fraction of sp³-hybridized carbons (Fsp3) is 0.357. The third-order valence-electron chi connectivity index (χ3n) is 3.39. The number of hydrogen-bond acceptors (Lipinski definition) is 1. The van der Waals surface area contributed by atoms with Crippen molar-refractivity contribution < 1.29 is 0 Å². The van der Waals surface area contributed by atoms with Gasteiger partial charge in [-0.15, -0.1) is 0 Å². The van der Waals surface area contributed by atoms with Crippen LogP contribution in [0.1, 0.15) is 31.7 Å². The van der Waals surface area contributed by atoms with Gasteiger partial charge in [0.1, 0.15) is 5.65 Å². The molecular weight excluding hydrogens is 196 g/mol. The second kappa shape index (κ2) is 3.78. The van der Waals surface area contributed by atoms with Crippen LogP contribution in [0.15, 0.2) is 30.6 Å². The van der Waals surface area contributed by atoms with Crippen molar-refractivity contribution in [1.29, 1.82) is 0 Å². The van der Waals surface area contributed by atoms with E-state index in [2.05, 4.69) is 35.2 Å². The average Bonchev–Trinajstić information content (AvgIpc) is 2.72. The molecule has 0 amide bonds. The Morgan fingerprint density at radius 1 is 1.44 bits per heavy atom. The van der Waals surface area contributed by atoms with Crippen LogP contribution in [0.25, 0.3) is 16.6 Å². The van der Waals surface area contributed by atoms with Crippen LogP contribution >= 0.6 is 0 Å². The van der Waals surface area contributed by atoms with Crippen molar-refractivity contribution in [2.24, 2.45) is 5.92 Å². The normalized spacial score (nSPS) is 21.1. The van der Waals surface area contributed by atoms with Gasteiger partial charge in [0.2, 0.25) is 0 Å². The van der Waals surface area contributed by atoms with Gasteiger partial charge in [0.05, 0.1) is 0 Å². The van der Waals surface area contributed by atoms with Gasteiger partial charge >= 0.3 is 0 Å². The zero-order valence-electron chi connectivity index (χ0n) is 9.53. The van der Waals surface area contributed by atoms with Gasteiger partial charge < -0.3 is 4.98 Å². The Morgan fingerprint density at radius 3 is 3.25 bits per heavy atom. The van der Waals surface area contributed by atoms with E-state index in [9.17, 15) is 0 Å². The molecule has 3 rings (SSSR count). The minimum atomic E-state index is 0.713. The molecule has 0 aromatic carbocycles. The number of nitrogens with zero attached hydrogens (tertiary/aromatic N) is 1. The van der Waals surface area contributed by atoms with Gasteiger partial charge in [-0.05, 0) is 42.9 Å². The third-order valence-corrected chi connectivity index (χ3v) is 3.39. The predicted molar refractivity (Wildman–Crippen MR) is 67.1 cm³/mol. The van der Waals surface area contributed by atoms with Gasteiger partial charge in [-0.25, -0.2) is 4.98 Å². The Balaban J connectivity index is 2.12. The van der Waals surface area contributed by atoms with Crippen LogP contribution in [-0.2, 0) is 0 Å². The standard InChI is InChI=1S/C14H16N2/c1-10-4-2-5-11(8-10)13-9-16-14-12(13)6-3-7-15-14/h3,6-10H,2,4-5H2,1H3,(H,15,16)/t10-/m0/s1. The summed E-state index contributed by atoms with van der Waals surface area (Å²) in [5, 5.41) is 1.25. The number of allylic oxidation sites excluding steroid dienone is 2. The molecule has 0 fully saturated rings. The van der Waals surface area contributed by atoms with E-state index in [0.717, 1.165) is 5.65 Å². The molecule has 2 aromatic heterocycles. The highest BCUT2D eigenvalue weighted by molar-refractivity contribution is 5.90. The molecule has 0 aliphatic heterocycles. The van der Waals surface area contributed by atoms with Crippen molar-refractivity contribution in [2.45, 2.75) is 26.2 Å². The summed E-state index contributed by atoms with van der Waals surface area (Å²) < 4.78 is 0. The highest BCUT2D eigenvalue weighted by Crippen LogP contribution is 2.33. The fourth-order valence-corrected chi connectivity index (χ4v) is 2.57. The zero-order chi connectivity index (χ0) is 11.0. The molecule has 0 radical (unpaired) electrons. The molecule has 1 N–H and O–H groups in total. The van der Waals surface area contributed by atoms with E-state index in [-0.39, 0.29) is 0 Å². The summed E-state index contributed by atoms with van der Waals surface area (Å²) in [6.45, 7) is 2.30. The molecule has 82 valence electrons. The number of H-pyrrole nitrogens is 1. The number of aromatic nitrogens is 2. The summed E-state index contributed by atoms with van der Waals surface area (Å²) in [7, 11) is 0. The molecule has 2 heterocycles. The van der Waals surface area contributed by atoms with Crippen LogP contribution < -0.4 is 0 Å². The molecule has 1 atom stereocenters. The van der Waals surface area contributed by atoms with E-state index in [1.807, 2.05) is 12.3 Å². The average molecular weight is 212 g/mol. The van der Waals surface area contributed by atoms with Crippen LogP contribution in [0, 0.1) is 5.92 Å². The van der Waals surface area contributed by atoms with E-state index in [1.54, 1.807) is 0 Å². The van der Waals surface area contributed by atoms with Crippen LogP contribution in [0.4, 0.5) is 0 Å². The van der Waals surface area contributed by atoms with Gasteiger partial charge in [0.15, 0.2) is 0 Å². The Hall–Kier alpha value is -1.57. The first-order valence-electron chi connectivity index (χ1n) is 5.98. The van der Waals surface area contributed by atoms with Gasteiger partial charge in [0.25, 0.3) is 0 Å². The smallest absolute Gasteiger partial charge is 0.137 e. The number of rotatable bonds is 1. The van der Waals surface area contributed by atoms with E-state index in [1.165, 1.54) is 35.8 Å². The number of nitrogens with one attached hydrogen (secondary N) is 1. The summed E-state index contributed by atoms with van der Waals surface area (Å²) in [6.07, 6.45) is 10.2. The summed E-state index contributed by atoms with van der Waals surface area (Å²) in [5.41, 5.74) is 3.82. The molecule has 0 unspecified atom stereocenters. The molecule has 0 bridgehead atoms. The largest absolute Gasteiger partial charge is 0.346 e. The quantitative estimate of drug-likeness (QED) is 0.766. The van der Waals surface area contributed by atoms with Crippen molar-refractivity contribution in [3.8, 4) is 0 Å². The SMILES string of the molecule is C[C@@H]1C=C(c2c[nH]c3ncccc23)CCC1. The minimum Gasteiger partial charge on any atom is -0.346 e.